The van der Waals surface area contributed by atoms with E-state index >= 15 is 0 Å². The fourth-order valence-corrected chi connectivity index (χ4v) is 3.88. The molecule has 0 amide bonds. The minimum Gasteiger partial charge on any atom is -0.497 e. The Bertz CT molecular complexity index is 677. The van der Waals surface area contributed by atoms with Gasteiger partial charge in [0.2, 0.25) is 3.67 Å². The quantitative estimate of drug-likeness (QED) is 0.787. The summed E-state index contributed by atoms with van der Waals surface area (Å²) < 4.78 is 15.7. The van der Waals surface area contributed by atoms with E-state index < -0.39 is 20.6 Å². The van der Waals surface area contributed by atoms with E-state index in [1.807, 2.05) is 0 Å². The Morgan fingerprint density at radius 2 is 1.82 bits per heavy atom. The van der Waals surface area contributed by atoms with E-state index in [9.17, 15) is 9.32 Å². The number of hydrogen-bond donors (Lipinski definition) is 1. The van der Waals surface area contributed by atoms with Crippen molar-refractivity contribution in [1.82, 2.24) is 0 Å². The van der Waals surface area contributed by atoms with Gasteiger partial charge in [-0.2, -0.15) is 0 Å². The van der Waals surface area contributed by atoms with Crippen molar-refractivity contribution in [3.8, 4) is 5.75 Å². The van der Waals surface area contributed by atoms with E-state index in [0.717, 1.165) is 0 Å². The van der Waals surface area contributed by atoms with Crippen LogP contribution in [-0.4, -0.2) is 20.1 Å². The van der Waals surface area contributed by atoms with Gasteiger partial charge in [-0.15, -0.1) is 0 Å². The van der Waals surface area contributed by atoms with Gasteiger partial charge in [-0.25, -0.2) is 0 Å². The topological polar surface area (TPSA) is 46.5 Å². The summed E-state index contributed by atoms with van der Waals surface area (Å²) in [7, 11) is -0.377. The highest BCUT2D eigenvalue weighted by Crippen LogP contribution is 2.44. The number of aliphatic hydroxyl groups is 1. The van der Waals surface area contributed by atoms with Crippen LogP contribution in [0.25, 0.3) is 0 Å². The summed E-state index contributed by atoms with van der Waals surface area (Å²) in [5.41, 5.74) is 0.246. The van der Waals surface area contributed by atoms with Crippen LogP contribution in [0.4, 0.5) is 0 Å². The van der Waals surface area contributed by atoms with Crippen molar-refractivity contribution in [2.24, 2.45) is 0 Å². The number of halogens is 3. The van der Waals surface area contributed by atoms with Crippen LogP contribution >= 0.6 is 34.8 Å². The Labute approximate surface area is 146 Å². The maximum Gasteiger partial charge on any atom is 0.226 e. The van der Waals surface area contributed by atoms with Crippen molar-refractivity contribution in [3.63, 3.8) is 0 Å². The highest BCUT2D eigenvalue weighted by Gasteiger charge is 2.43. The van der Waals surface area contributed by atoms with E-state index in [4.69, 9.17) is 39.5 Å². The summed E-state index contributed by atoms with van der Waals surface area (Å²) in [5, 5.41) is 10.7. The molecule has 3 nitrogen and oxygen atoms in total. The smallest absolute Gasteiger partial charge is 0.226 e. The molecule has 0 radical (unpaired) electrons. The molecule has 0 aliphatic carbocycles. The second kappa shape index (κ2) is 7.20. The van der Waals surface area contributed by atoms with Crippen molar-refractivity contribution in [3.05, 3.63) is 59.1 Å². The van der Waals surface area contributed by atoms with Gasteiger partial charge in [0.1, 0.15) is 11.9 Å². The van der Waals surface area contributed by atoms with E-state index in [-0.39, 0.29) is 10.6 Å². The van der Waals surface area contributed by atoms with Crippen LogP contribution in [0, 0.1) is 0 Å². The van der Waals surface area contributed by atoms with Gasteiger partial charge in [0, 0.05) is 15.5 Å². The number of benzene rings is 2. The fourth-order valence-electron chi connectivity index (χ4n) is 1.84. The van der Waals surface area contributed by atoms with Crippen LogP contribution in [-0.2, 0) is 10.8 Å². The number of alkyl halides is 2. The molecule has 0 saturated carbocycles. The van der Waals surface area contributed by atoms with E-state index in [1.165, 1.54) is 13.2 Å². The maximum absolute atomic E-state index is 12.6. The zero-order chi connectivity index (χ0) is 16.3. The summed E-state index contributed by atoms with van der Waals surface area (Å²) in [5.74, 6) is 0.480. The number of aliphatic hydroxyl groups excluding tert-OH is 1. The number of methoxy groups -OCH3 is 1. The minimum atomic E-state index is -1.96. The van der Waals surface area contributed by atoms with E-state index in [2.05, 4.69) is 0 Å². The lowest BCUT2D eigenvalue weighted by molar-refractivity contribution is 0.182. The average molecular weight is 380 g/mol. The van der Waals surface area contributed by atoms with Crippen molar-refractivity contribution in [2.75, 3.05) is 7.11 Å². The lowest BCUT2D eigenvalue weighted by atomic mass is 10.1. The summed E-state index contributed by atoms with van der Waals surface area (Å²) >= 11 is 18.5. The second-order valence-electron chi connectivity index (χ2n) is 4.43. The van der Waals surface area contributed by atoms with Crippen LogP contribution < -0.4 is 4.74 Å². The van der Waals surface area contributed by atoms with Gasteiger partial charge in [0.05, 0.1) is 17.9 Å². The molecule has 0 saturated heterocycles. The predicted molar refractivity (Wildman–Crippen MR) is 90.3 cm³/mol. The zero-order valence-electron chi connectivity index (χ0n) is 11.5. The SMILES string of the molecule is COc1ccc(Cl)c(C(O)C(Cl)(Cl)S(=O)c2ccccc2)c1. The molecule has 0 fully saturated rings. The molecule has 0 bridgehead atoms. The fraction of sp³-hybridized carbons (Fsp3) is 0.200. The average Bonchev–Trinajstić information content (AvgIpc) is 2.54. The molecule has 22 heavy (non-hydrogen) atoms. The van der Waals surface area contributed by atoms with Crippen LogP contribution in [0.1, 0.15) is 11.7 Å². The third-order valence-electron chi connectivity index (χ3n) is 3.02. The number of hydrogen-bond acceptors (Lipinski definition) is 3. The molecule has 0 heterocycles. The van der Waals surface area contributed by atoms with E-state index in [0.29, 0.717) is 10.6 Å². The van der Waals surface area contributed by atoms with Crippen LogP contribution in [0.15, 0.2) is 53.4 Å². The Morgan fingerprint density at radius 3 is 2.41 bits per heavy atom. The van der Waals surface area contributed by atoms with Crippen LogP contribution in [0.5, 0.6) is 5.75 Å². The molecule has 1 N–H and O–H groups in total. The molecule has 0 spiro atoms. The van der Waals surface area contributed by atoms with Gasteiger partial charge in [0.25, 0.3) is 0 Å². The first-order valence-corrected chi connectivity index (χ1v) is 8.52. The monoisotopic (exact) mass is 378 g/mol. The van der Waals surface area contributed by atoms with Crippen molar-refractivity contribution in [1.29, 1.82) is 0 Å². The first-order valence-electron chi connectivity index (χ1n) is 6.24. The van der Waals surface area contributed by atoms with Crippen molar-refractivity contribution < 1.29 is 14.1 Å². The van der Waals surface area contributed by atoms with Crippen molar-refractivity contribution in [2.45, 2.75) is 14.7 Å². The van der Waals surface area contributed by atoms with Crippen molar-refractivity contribution >= 4 is 45.6 Å². The normalized spacial score (nSPS) is 14.4. The highest BCUT2D eigenvalue weighted by molar-refractivity contribution is 7.89. The van der Waals surface area contributed by atoms with E-state index in [1.54, 1.807) is 42.5 Å². The number of ether oxygens (including phenoxy) is 1. The molecule has 118 valence electrons. The number of rotatable bonds is 5. The largest absolute Gasteiger partial charge is 0.497 e. The standard InChI is InChI=1S/C15H13Cl3O3S/c1-21-10-7-8-13(16)12(9-10)14(19)15(17,18)22(20)11-5-3-2-4-6-11/h2-9,14,19H,1H3. The molecule has 2 atom stereocenters. The Kier molecular flexibility index (Phi) is 5.75. The first-order chi connectivity index (χ1) is 10.4. The first kappa shape index (κ1) is 17.6. The van der Waals surface area contributed by atoms with Crippen LogP contribution in [0.2, 0.25) is 5.02 Å². The third kappa shape index (κ3) is 3.58. The highest BCUT2D eigenvalue weighted by atomic mass is 35.5. The lowest BCUT2D eigenvalue weighted by Crippen LogP contribution is -2.29. The summed E-state index contributed by atoms with van der Waals surface area (Å²) in [6, 6.07) is 13.1. The Balaban J connectivity index is 2.38. The molecule has 0 aliphatic heterocycles. The Morgan fingerprint density at radius 1 is 1.18 bits per heavy atom. The molecule has 7 heteroatoms. The van der Waals surface area contributed by atoms with Gasteiger partial charge in [-0.3, -0.25) is 4.21 Å². The van der Waals surface area contributed by atoms with Crippen LogP contribution in [0.3, 0.4) is 0 Å². The van der Waals surface area contributed by atoms with Gasteiger partial charge in [-0.1, -0.05) is 53.0 Å². The van der Waals surface area contributed by atoms with Gasteiger partial charge in [0.15, 0.2) is 0 Å². The second-order valence-corrected chi connectivity index (χ2v) is 8.33. The minimum absolute atomic E-state index is 0.246. The molecule has 0 aromatic heterocycles. The summed E-state index contributed by atoms with van der Waals surface area (Å²) in [6.45, 7) is 0. The maximum atomic E-state index is 12.6. The Hall–Kier alpha value is -0.780. The molecule has 2 aromatic carbocycles. The predicted octanol–water partition coefficient (Wildman–Crippen LogP) is 4.32. The zero-order valence-corrected chi connectivity index (χ0v) is 14.6. The molecular weight excluding hydrogens is 367 g/mol. The van der Waals surface area contributed by atoms with Gasteiger partial charge in [-0.05, 0) is 30.3 Å². The molecular formula is C15H13Cl3O3S. The molecule has 0 aliphatic rings. The van der Waals surface area contributed by atoms with Gasteiger partial charge < -0.3 is 9.84 Å². The summed E-state index contributed by atoms with van der Waals surface area (Å²) in [4.78, 5) is 0.408. The summed E-state index contributed by atoms with van der Waals surface area (Å²) in [6.07, 6.45) is -1.46. The molecule has 2 unspecified atom stereocenters. The van der Waals surface area contributed by atoms with Gasteiger partial charge >= 0.3 is 0 Å². The molecule has 2 aromatic rings. The molecule has 2 rings (SSSR count). The third-order valence-corrected chi connectivity index (χ3v) is 6.04. The lowest BCUT2D eigenvalue weighted by Gasteiger charge is -2.26.